The van der Waals surface area contributed by atoms with Gasteiger partial charge in [-0.2, -0.15) is 0 Å². The molecule has 3 nitrogen and oxygen atoms in total. The van der Waals surface area contributed by atoms with Crippen LogP contribution in [0.5, 0.6) is 0 Å². The third kappa shape index (κ3) is 3.81. The Morgan fingerprint density at radius 1 is 1.31 bits per heavy atom. The highest BCUT2D eigenvalue weighted by atomic mass is 15.1. The molecule has 0 aliphatic carbocycles. The van der Waals surface area contributed by atoms with Crippen molar-refractivity contribution in [2.45, 2.75) is 39.8 Å². The summed E-state index contributed by atoms with van der Waals surface area (Å²) in [6.45, 7) is 9.47. The highest BCUT2D eigenvalue weighted by Gasteiger charge is 2.09. The molecule has 1 rings (SSSR count). The van der Waals surface area contributed by atoms with Crippen molar-refractivity contribution in [1.82, 2.24) is 10.3 Å². The fourth-order valence-electron chi connectivity index (χ4n) is 1.56. The van der Waals surface area contributed by atoms with E-state index in [9.17, 15) is 0 Å². The van der Waals surface area contributed by atoms with E-state index in [4.69, 9.17) is 0 Å². The molecule has 1 N–H and O–H groups in total. The predicted octanol–water partition coefficient (Wildman–Crippen LogP) is 2.34. The number of hydrogen-bond donors (Lipinski definition) is 1. The molecule has 1 aromatic heterocycles. The van der Waals surface area contributed by atoms with E-state index in [-0.39, 0.29) is 5.54 Å². The maximum atomic E-state index is 4.46. The average molecular weight is 221 g/mol. The van der Waals surface area contributed by atoms with Crippen LogP contribution in [-0.2, 0) is 6.54 Å². The Kier molecular flexibility index (Phi) is 3.92. The summed E-state index contributed by atoms with van der Waals surface area (Å²) in [5.41, 5.74) is 2.60. The second kappa shape index (κ2) is 4.83. The monoisotopic (exact) mass is 221 g/mol. The molecule has 0 saturated heterocycles. The molecule has 1 aromatic rings. The van der Waals surface area contributed by atoms with Gasteiger partial charge in [-0.15, -0.1) is 0 Å². The Hall–Kier alpha value is -1.09. The highest BCUT2D eigenvalue weighted by molar-refractivity contribution is 5.45. The molecule has 0 amide bonds. The minimum absolute atomic E-state index is 0.147. The van der Waals surface area contributed by atoms with Gasteiger partial charge in [0, 0.05) is 32.4 Å². The first-order chi connectivity index (χ1) is 7.29. The maximum Gasteiger partial charge on any atom is 0.130 e. The van der Waals surface area contributed by atoms with Crippen molar-refractivity contribution in [3.63, 3.8) is 0 Å². The van der Waals surface area contributed by atoms with Gasteiger partial charge in [0.05, 0.1) is 0 Å². The summed E-state index contributed by atoms with van der Waals surface area (Å²) in [4.78, 5) is 6.50. The Morgan fingerprint density at radius 3 is 2.38 bits per heavy atom. The quantitative estimate of drug-likeness (QED) is 0.849. The maximum absolute atomic E-state index is 4.46. The van der Waals surface area contributed by atoms with Gasteiger partial charge in [0.2, 0.25) is 0 Å². The number of aromatic nitrogens is 1. The summed E-state index contributed by atoms with van der Waals surface area (Å²) < 4.78 is 0. The van der Waals surface area contributed by atoms with Crippen molar-refractivity contribution in [3.8, 4) is 0 Å². The molecule has 0 aliphatic rings. The SMILES string of the molecule is Cc1cc(CNC(C)(C)C)cnc1N(C)C. The Bertz CT molecular complexity index is 351. The topological polar surface area (TPSA) is 28.2 Å². The van der Waals surface area contributed by atoms with E-state index >= 15 is 0 Å². The molecule has 90 valence electrons. The van der Waals surface area contributed by atoms with Crippen LogP contribution in [0.15, 0.2) is 12.3 Å². The van der Waals surface area contributed by atoms with Crippen LogP contribution in [0.4, 0.5) is 5.82 Å². The number of rotatable bonds is 3. The van der Waals surface area contributed by atoms with Crippen LogP contribution in [0.3, 0.4) is 0 Å². The van der Waals surface area contributed by atoms with Crippen LogP contribution >= 0.6 is 0 Å². The van der Waals surface area contributed by atoms with E-state index in [1.54, 1.807) is 0 Å². The van der Waals surface area contributed by atoms with Crippen LogP contribution in [0.2, 0.25) is 0 Å². The lowest BCUT2D eigenvalue weighted by Gasteiger charge is -2.21. The van der Waals surface area contributed by atoms with Crippen molar-refractivity contribution in [2.24, 2.45) is 0 Å². The van der Waals surface area contributed by atoms with E-state index in [0.717, 1.165) is 12.4 Å². The highest BCUT2D eigenvalue weighted by Crippen LogP contribution is 2.15. The smallest absolute Gasteiger partial charge is 0.130 e. The summed E-state index contributed by atoms with van der Waals surface area (Å²) in [6, 6.07) is 2.20. The molecule has 0 saturated carbocycles. The number of aryl methyl sites for hydroxylation is 1. The first-order valence-corrected chi connectivity index (χ1v) is 5.67. The molecule has 0 unspecified atom stereocenters. The van der Waals surface area contributed by atoms with Crippen molar-refractivity contribution in [2.75, 3.05) is 19.0 Å². The van der Waals surface area contributed by atoms with Gasteiger partial charge in [-0.25, -0.2) is 4.98 Å². The number of nitrogens with zero attached hydrogens (tertiary/aromatic N) is 2. The third-order valence-corrected chi connectivity index (χ3v) is 2.35. The molecule has 1 heterocycles. The normalized spacial score (nSPS) is 11.6. The first-order valence-electron chi connectivity index (χ1n) is 5.67. The minimum Gasteiger partial charge on any atom is -0.363 e. The number of nitrogens with one attached hydrogen (secondary N) is 1. The van der Waals surface area contributed by atoms with Gasteiger partial charge in [-0.05, 0) is 44.9 Å². The zero-order valence-corrected chi connectivity index (χ0v) is 11.3. The summed E-state index contributed by atoms with van der Waals surface area (Å²) in [5.74, 6) is 1.04. The van der Waals surface area contributed by atoms with E-state index < -0.39 is 0 Å². The molecule has 0 spiro atoms. The summed E-state index contributed by atoms with van der Waals surface area (Å²) >= 11 is 0. The van der Waals surface area contributed by atoms with Gasteiger partial charge in [0.1, 0.15) is 5.82 Å². The molecule has 0 atom stereocenters. The fourth-order valence-corrected chi connectivity index (χ4v) is 1.56. The van der Waals surface area contributed by atoms with Crippen molar-refractivity contribution in [1.29, 1.82) is 0 Å². The molecule has 16 heavy (non-hydrogen) atoms. The number of anilines is 1. The lowest BCUT2D eigenvalue weighted by molar-refractivity contribution is 0.424. The summed E-state index contributed by atoms with van der Waals surface area (Å²) in [6.07, 6.45) is 1.95. The fraction of sp³-hybridized carbons (Fsp3) is 0.615. The van der Waals surface area contributed by atoms with Crippen LogP contribution in [0.1, 0.15) is 31.9 Å². The predicted molar refractivity (Wildman–Crippen MR) is 69.9 cm³/mol. The van der Waals surface area contributed by atoms with Crippen LogP contribution in [0, 0.1) is 6.92 Å². The van der Waals surface area contributed by atoms with E-state index in [2.05, 4.69) is 44.1 Å². The zero-order chi connectivity index (χ0) is 12.3. The molecule has 3 heteroatoms. The lowest BCUT2D eigenvalue weighted by atomic mass is 10.1. The second-order valence-electron chi connectivity index (χ2n) is 5.48. The molecule has 0 radical (unpaired) electrons. The Morgan fingerprint density at radius 2 is 1.94 bits per heavy atom. The van der Waals surface area contributed by atoms with Gasteiger partial charge in [0.25, 0.3) is 0 Å². The van der Waals surface area contributed by atoms with E-state index in [0.29, 0.717) is 0 Å². The van der Waals surface area contributed by atoms with Crippen LogP contribution in [-0.4, -0.2) is 24.6 Å². The molecule has 0 bridgehead atoms. The third-order valence-electron chi connectivity index (χ3n) is 2.35. The van der Waals surface area contributed by atoms with Crippen molar-refractivity contribution in [3.05, 3.63) is 23.4 Å². The molecule has 0 aromatic carbocycles. The number of hydrogen-bond acceptors (Lipinski definition) is 3. The second-order valence-corrected chi connectivity index (χ2v) is 5.48. The summed E-state index contributed by atoms with van der Waals surface area (Å²) in [5, 5.41) is 3.46. The largest absolute Gasteiger partial charge is 0.363 e. The van der Waals surface area contributed by atoms with Crippen LogP contribution in [0.25, 0.3) is 0 Å². The Labute approximate surface area is 98.9 Å². The van der Waals surface area contributed by atoms with Gasteiger partial charge in [-0.3, -0.25) is 0 Å². The first kappa shape index (κ1) is 13.0. The molecule has 0 fully saturated rings. The van der Waals surface area contributed by atoms with Gasteiger partial charge >= 0.3 is 0 Å². The standard InChI is InChI=1S/C13H23N3/c1-10-7-11(9-15-13(2,3)4)8-14-12(10)16(5)6/h7-8,15H,9H2,1-6H3. The van der Waals surface area contributed by atoms with E-state index in [1.807, 2.05) is 25.2 Å². The molecular weight excluding hydrogens is 198 g/mol. The van der Waals surface area contributed by atoms with Crippen molar-refractivity contribution < 1.29 is 0 Å². The van der Waals surface area contributed by atoms with Crippen molar-refractivity contribution >= 4 is 5.82 Å². The molecule has 0 aliphatic heterocycles. The zero-order valence-electron chi connectivity index (χ0n) is 11.3. The van der Waals surface area contributed by atoms with Gasteiger partial charge in [-0.1, -0.05) is 0 Å². The minimum atomic E-state index is 0.147. The Balaban J connectivity index is 2.74. The molecular formula is C13H23N3. The van der Waals surface area contributed by atoms with Gasteiger partial charge < -0.3 is 10.2 Å². The lowest BCUT2D eigenvalue weighted by Crippen LogP contribution is -2.35. The van der Waals surface area contributed by atoms with Gasteiger partial charge in [0.15, 0.2) is 0 Å². The average Bonchev–Trinajstić information content (AvgIpc) is 2.13. The van der Waals surface area contributed by atoms with E-state index in [1.165, 1.54) is 11.1 Å². The summed E-state index contributed by atoms with van der Waals surface area (Å²) in [7, 11) is 4.03. The number of pyridine rings is 1. The van der Waals surface area contributed by atoms with Crippen LogP contribution < -0.4 is 10.2 Å².